The van der Waals surface area contributed by atoms with E-state index in [-0.39, 0.29) is 11.7 Å². The quantitative estimate of drug-likeness (QED) is 0.743. The molecule has 0 aliphatic carbocycles. The van der Waals surface area contributed by atoms with Crippen LogP contribution < -0.4 is 0 Å². The molecule has 1 rings (SSSR count). The molecule has 1 unspecified atom stereocenters. The number of hydrogen-bond acceptors (Lipinski definition) is 4. The number of piperidine rings is 1. The summed E-state index contributed by atoms with van der Waals surface area (Å²) in [5.41, 5.74) is 0. The van der Waals surface area contributed by atoms with Crippen molar-refractivity contribution in [3.63, 3.8) is 0 Å². The normalized spacial score (nSPS) is 23.2. The number of Topliss-reactive ketones (excluding diaryl/α,β-unsaturated/α-hetero) is 1. The minimum atomic E-state index is -3.09. The fourth-order valence-electron chi connectivity index (χ4n) is 2.04. The number of thioether (sulfide) groups is 1. The summed E-state index contributed by atoms with van der Waals surface area (Å²) in [7, 11) is -3.09. The molecule has 1 heterocycles. The van der Waals surface area contributed by atoms with Gasteiger partial charge in [0, 0.05) is 19.5 Å². The standard InChI is InChI=1S/C10H19NO3S2/c1-15-8-10(12)6-9-4-3-5-11(7-9)16(2,13)14/h9H,3-8H2,1-2H3. The second kappa shape index (κ2) is 6.02. The SMILES string of the molecule is CSCC(=O)CC1CCCN(S(C)(=O)=O)C1. The van der Waals surface area contributed by atoms with Crippen LogP contribution in [0.4, 0.5) is 0 Å². The van der Waals surface area contributed by atoms with Crippen molar-refractivity contribution in [2.75, 3.05) is 31.4 Å². The molecule has 0 aromatic heterocycles. The Balaban J connectivity index is 2.48. The number of sulfonamides is 1. The number of hydrogen-bond donors (Lipinski definition) is 0. The fourth-order valence-corrected chi connectivity index (χ4v) is 3.42. The van der Waals surface area contributed by atoms with Gasteiger partial charge in [0.15, 0.2) is 0 Å². The number of nitrogens with zero attached hydrogens (tertiary/aromatic N) is 1. The van der Waals surface area contributed by atoms with Crippen molar-refractivity contribution in [3.8, 4) is 0 Å². The summed E-state index contributed by atoms with van der Waals surface area (Å²) in [6.45, 7) is 1.12. The van der Waals surface area contributed by atoms with E-state index in [2.05, 4.69) is 0 Å². The van der Waals surface area contributed by atoms with Crippen LogP contribution in [0.15, 0.2) is 0 Å². The molecule has 1 aliphatic heterocycles. The zero-order chi connectivity index (χ0) is 12.2. The molecule has 0 aromatic carbocycles. The molecule has 1 atom stereocenters. The van der Waals surface area contributed by atoms with E-state index in [1.807, 2.05) is 6.26 Å². The number of rotatable bonds is 5. The predicted octanol–water partition coefficient (Wildman–Crippen LogP) is 0.980. The Kier molecular flexibility index (Phi) is 5.27. The molecule has 0 spiro atoms. The maximum Gasteiger partial charge on any atom is 0.211 e. The van der Waals surface area contributed by atoms with Gasteiger partial charge in [0.25, 0.3) is 0 Å². The zero-order valence-electron chi connectivity index (χ0n) is 9.81. The van der Waals surface area contributed by atoms with Crippen LogP contribution in [0.5, 0.6) is 0 Å². The van der Waals surface area contributed by atoms with Gasteiger partial charge in [-0.15, -0.1) is 0 Å². The molecule has 0 aromatic rings. The molecule has 16 heavy (non-hydrogen) atoms. The van der Waals surface area contributed by atoms with Crippen LogP contribution in [0.25, 0.3) is 0 Å². The molecule has 0 amide bonds. The van der Waals surface area contributed by atoms with Gasteiger partial charge in [-0.25, -0.2) is 12.7 Å². The summed E-state index contributed by atoms with van der Waals surface area (Å²) in [6, 6.07) is 0. The van der Waals surface area contributed by atoms with Crippen molar-refractivity contribution in [2.45, 2.75) is 19.3 Å². The average Bonchev–Trinajstić information content (AvgIpc) is 2.17. The lowest BCUT2D eigenvalue weighted by Gasteiger charge is -2.30. The third kappa shape index (κ3) is 4.43. The first-order valence-corrected chi connectivity index (χ1v) is 8.63. The Hall–Kier alpha value is -0.0700. The van der Waals surface area contributed by atoms with Gasteiger partial charge in [-0.3, -0.25) is 4.79 Å². The average molecular weight is 265 g/mol. The summed E-state index contributed by atoms with van der Waals surface area (Å²) in [6.07, 6.45) is 5.49. The topological polar surface area (TPSA) is 54.5 Å². The predicted molar refractivity (Wildman–Crippen MR) is 67.1 cm³/mol. The van der Waals surface area contributed by atoms with Crippen molar-refractivity contribution in [3.05, 3.63) is 0 Å². The molecule has 4 nitrogen and oxygen atoms in total. The molecule has 6 heteroatoms. The molecule has 94 valence electrons. The Labute approximate surface area is 102 Å². The van der Waals surface area contributed by atoms with E-state index in [9.17, 15) is 13.2 Å². The lowest BCUT2D eigenvalue weighted by molar-refractivity contribution is -0.117. The van der Waals surface area contributed by atoms with Crippen molar-refractivity contribution in [2.24, 2.45) is 5.92 Å². The summed E-state index contributed by atoms with van der Waals surface area (Å²) >= 11 is 1.52. The fraction of sp³-hybridized carbons (Fsp3) is 0.900. The van der Waals surface area contributed by atoms with Crippen molar-refractivity contribution in [1.82, 2.24) is 4.31 Å². The van der Waals surface area contributed by atoms with Crippen LogP contribution in [0.2, 0.25) is 0 Å². The van der Waals surface area contributed by atoms with E-state index >= 15 is 0 Å². The largest absolute Gasteiger partial charge is 0.299 e. The Morgan fingerprint density at radius 3 is 2.75 bits per heavy atom. The Bertz CT molecular complexity index is 340. The summed E-state index contributed by atoms with van der Waals surface area (Å²) < 4.78 is 24.3. The molecular weight excluding hydrogens is 246 g/mol. The minimum absolute atomic E-state index is 0.211. The highest BCUT2D eigenvalue weighted by Gasteiger charge is 2.26. The van der Waals surface area contributed by atoms with E-state index in [0.29, 0.717) is 25.3 Å². The van der Waals surface area contributed by atoms with E-state index in [1.54, 1.807) is 0 Å². The smallest absolute Gasteiger partial charge is 0.211 e. The molecule has 0 saturated carbocycles. The molecule has 1 aliphatic rings. The van der Waals surface area contributed by atoms with Gasteiger partial charge < -0.3 is 0 Å². The van der Waals surface area contributed by atoms with Gasteiger partial charge in [0.05, 0.1) is 12.0 Å². The summed E-state index contributed by atoms with van der Waals surface area (Å²) in [5.74, 6) is 0.978. The van der Waals surface area contributed by atoms with Crippen LogP contribution >= 0.6 is 11.8 Å². The summed E-state index contributed by atoms with van der Waals surface area (Å²) in [4.78, 5) is 11.5. The molecular formula is C10H19NO3S2. The van der Waals surface area contributed by atoms with Crippen LogP contribution in [0, 0.1) is 5.92 Å². The van der Waals surface area contributed by atoms with Gasteiger partial charge in [0.2, 0.25) is 10.0 Å². The highest BCUT2D eigenvalue weighted by Crippen LogP contribution is 2.22. The molecule has 1 fully saturated rings. The molecule has 0 bridgehead atoms. The van der Waals surface area contributed by atoms with Gasteiger partial charge >= 0.3 is 0 Å². The molecule has 0 radical (unpaired) electrons. The van der Waals surface area contributed by atoms with Crippen molar-refractivity contribution >= 4 is 27.6 Å². The highest BCUT2D eigenvalue weighted by molar-refractivity contribution is 7.99. The van der Waals surface area contributed by atoms with Crippen molar-refractivity contribution in [1.29, 1.82) is 0 Å². The lowest BCUT2D eigenvalue weighted by atomic mass is 9.94. The maximum atomic E-state index is 11.5. The van der Waals surface area contributed by atoms with Crippen LogP contribution in [0.3, 0.4) is 0 Å². The van der Waals surface area contributed by atoms with E-state index < -0.39 is 10.0 Å². The van der Waals surface area contributed by atoms with Gasteiger partial charge in [0.1, 0.15) is 5.78 Å². The first-order valence-electron chi connectivity index (χ1n) is 5.39. The monoisotopic (exact) mass is 265 g/mol. The van der Waals surface area contributed by atoms with E-state index in [1.165, 1.54) is 22.3 Å². The maximum absolute atomic E-state index is 11.5. The van der Waals surface area contributed by atoms with Crippen molar-refractivity contribution < 1.29 is 13.2 Å². The number of carbonyl (C=O) groups is 1. The first kappa shape index (κ1) is 14.0. The second-order valence-electron chi connectivity index (χ2n) is 4.31. The minimum Gasteiger partial charge on any atom is -0.299 e. The molecule has 1 saturated heterocycles. The highest BCUT2D eigenvalue weighted by atomic mass is 32.2. The lowest BCUT2D eigenvalue weighted by Crippen LogP contribution is -2.39. The molecule has 0 N–H and O–H groups in total. The van der Waals surface area contributed by atoms with E-state index in [0.717, 1.165) is 12.8 Å². The van der Waals surface area contributed by atoms with Gasteiger partial charge in [-0.1, -0.05) is 0 Å². The zero-order valence-corrected chi connectivity index (χ0v) is 11.4. The number of ketones is 1. The van der Waals surface area contributed by atoms with Crippen LogP contribution in [-0.4, -0.2) is 49.9 Å². The Morgan fingerprint density at radius 2 is 2.19 bits per heavy atom. The third-order valence-electron chi connectivity index (χ3n) is 2.77. The van der Waals surface area contributed by atoms with Gasteiger partial charge in [-0.2, -0.15) is 11.8 Å². The first-order chi connectivity index (χ1) is 7.43. The Morgan fingerprint density at radius 1 is 1.50 bits per heavy atom. The van der Waals surface area contributed by atoms with E-state index in [4.69, 9.17) is 0 Å². The number of carbonyl (C=O) groups excluding carboxylic acids is 1. The van der Waals surface area contributed by atoms with Gasteiger partial charge in [-0.05, 0) is 25.0 Å². The van der Waals surface area contributed by atoms with Crippen LogP contribution in [-0.2, 0) is 14.8 Å². The third-order valence-corrected chi connectivity index (χ3v) is 4.65. The summed E-state index contributed by atoms with van der Waals surface area (Å²) in [5, 5.41) is 0. The van der Waals surface area contributed by atoms with Crippen LogP contribution in [0.1, 0.15) is 19.3 Å². The second-order valence-corrected chi connectivity index (χ2v) is 7.15.